The highest BCUT2D eigenvalue weighted by atomic mass is 16.5. The molecule has 1 fully saturated rings. The molecule has 0 N–H and O–H groups in total. The van der Waals surface area contributed by atoms with Gasteiger partial charge in [0.15, 0.2) is 0 Å². The van der Waals surface area contributed by atoms with E-state index in [0.717, 1.165) is 75.1 Å². The number of ether oxygens (including phenoxy) is 2. The summed E-state index contributed by atoms with van der Waals surface area (Å²) >= 11 is 0. The van der Waals surface area contributed by atoms with Crippen molar-refractivity contribution >= 4 is 5.69 Å². The molecule has 0 unspecified atom stereocenters. The highest BCUT2D eigenvalue weighted by molar-refractivity contribution is 5.58. The van der Waals surface area contributed by atoms with Gasteiger partial charge in [0.05, 0.1) is 25.9 Å². The second-order valence-electron chi connectivity index (χ2n) is 8.08. The second kappa shape index (κ2) is 10.9. The molecule has 3 aromatic rings. The van der Waals surface area contributed by atoms with E-state index in [0.29, 0.717) is 6.54 Å². The van der Waals surface area contributed by atoms with E-state index < -0.39 is 0 Å². The molecule has 8 heteroatoms. The maximum Gasteiger partial charge on any atom is 0.148 e. The summed E-state index contributed by atoms with van der Waals surface area (Å²) in [6.07, 6.45) is 2.20. The minimum Gasteiger partial charge on any atom is -0.495 e. The Morgan fingerprint density at radius 3 is 2.44 bits per heavy atom. The first-order valence-corrected chi connectivity index (χ1v) is 11.3. The smallest absolute Gasteiger partial charge is 0.148 e. The van der Waals surface area contributed by atoms with Crippen molar-refractivity contribution in [3.8, 4) is 11.5 Å². The molecule has 0 bridgehead atoms. The Labute approximate surface area is 189 Å². The number of benzene rings is 2. The SMILES string of the molecule is COc1ccccc1N1CCN(CCCCOc2ccc(Cn3nnnc3C)cc2)CC1. The van der Waals surface area contributed by atoms with Crippen molar-refractivity contribution in [2.45, 2.75) is 26.3 Å². The van der Waals surface area contributed by atoms with Gasteiger partial charge in [0.1, 0.15) is 17.3 Å². The van der Waals surface area contributed by atoms with Crippen molar-refractivity contribution in [1.82, 2.24) is 25.1 Å². The Kier molecular flexibility index (Phi) is 7.55. The van der Waals surface area contributed by atoms with Gasteiger partial charge in [-0.25, -0.2) is 4.68 Å². The van der Waals surface area contributed by atoms with E-state index in [9.17, 15) is 0 Å². The number of methoxy groups -OCH3 is 1. The fraction of sp³-hybridized carbons (Fsp3) is 0.458. The van der Waals surface area contributed by atoms with Crippen LogP contribution < -0.4 is 14.4 Å². The van der Waals surface area contributed by atoms with Gasteiger partial charge in [-0.15, -0.1) is 5.10 Å². The molecule has 0 spiro atoms. The third-order valence-corrected chi connectivity index (χ3v) is 5.90. The Balaban J connectivity index is 1.12. The van der Waals surface area contributed by atoms with Crippen molar-refractivity contribution in [3.63, 3.8) is 0 Å². The van der Waals surface area contributed by atoms with Crippen LogP contribution in [0.1, 0.15) is 24.2 Å². The van der Waals surface area contributed by atoms with E-state index in [2.05, 4.69) is 49.6 Å². The van der Waals surface area contributed by atoms with Crippen LogP contribution in [0.15, 0.2) is 48.5 Å². The molecule has 4 rings (SSSR count). The number of unbranched alkanes of at least 4 members (excludes halogenated alkanes) is 1. The van der Waals surface area contributed by atoms with E-state index >= 15 is 0 Å². The summed E-state index contributed by atoms with van der Waals surface area (Å²) < 4.78 is 13.2. The van der Waals surface area contributed by atoms with Gasteiger partial charge in [-0.05, 0) is 66.6 Å². The molecular formula is C24H32N6O2. The molecular weight excluding hydrogens is 404 g/mol. The van der Waals surface area contributed by atoms with Crippen molar-refractivity contribution in [3.05, 3.63) is 59.9 Å². The monoisotopic (exact) mass is 436 g/mol. The maximum atomic E-state index is 5.92. The number of rotatable bonds is 10. The molecule has 170 valence electrons. The van der Waals surface area contributed by atoms with E-state index in [1.165, 1.54) is 5.69 Å². The number of anilines is 1. The van der Waals surface area contributed by atoms with Gasteiger partial charge in [-0.3, -0.25) is 4.90 Å². The molecule has 1 aromatic heterocycles. The van der Waals surface area contributed by atoms with Crippen LogP contribution >= 0.6 is 0 Å². The molecule has 1 aliphatic heterocycles. The van der Waals surface area contributed by atoms with Crippen LogP contribution in [0, 0.1) is 6.92 Å². The molecule has 32 heavy (non-hydrogen) atoms. The maximum absolute atomic E-state index is 5.92. The quantitative estimate of drug-likeness (QED) is 0.453. The second-order valence-corrected chi connectivity index (χ2v) is 8.08. The Morgan fingerprint density at radius 2 is 1.72 bits per heavy atom. The van der Waals surface area contributed by atoms with Gasteiger partial charge in [0.2, 0.25) is 0 Å². The van der Waals surface area contributed by atoms with E-state index in [-0.39, 0.29) is 0 Å². The van der Waals surface area contributed by atoms with Gasteiger partial charge in [0, 0.05) is 26.2 Å². The molecule has 2 heterocycles. The standard InChI is InChI=1S/C24H32N6O2/c1-20-25-26-27-30(20)19-21-9-11-22(12-10-21)32-18-6-5-13-28-14-16-29(17-15-28)23-7-3-4-8-24(23)31-2/h3-4,7-12H,5-6,13-19H2,1-2H3. The van der Waals surface area contributed by atoms with Crippen molar-refractivity contribution in [1.29, 1.82) is 0 Å². The molecule has 1 saturated heterocycles. The lowest BCUT2D eigenvalue weighted by Gasteiger charge is -2.36. The van der Waals surface area contributed by atoms with Crippen LogP contribution in [0.2, 0.25) is 0 Å². The van der Waals surface area contributed by atoms with Crippen molar-refractivity contribution in [2.75, 3.05) is 51.3 Å². The largest absolute Gasteiger partial charge is 0.495 e. The fourth-order valence-electron chi connectivity index (χ4n) is 3.99. The third-order valence-electron chi connectivity index (χ3n) is 5.90. The first-order valence-electron chi connectivity index (χ1n) is 11.3. The van der Waals surface area contributed by atoms with E-state index in [4.69, 9.17) is 9.47 Å². The molecule has 0 atom stereocenters. The van der Waals surface area contributed by atoms with Crippen LogP contribution in [0.5, 0.6) is 11.5 Å². The Hall–Kier alpha value is -3.13. The zero-order chi connectivity index (χ0) is 22.2. The van der Waals surface area contributed by atoms with Crippen LogP contribution in [0.3, 0.4) is 0 Å². The lowest BCUT2D eigenvalue weighted by Crippen LogP contribution is -2.46. The Morgan fingerprint density at radius 1 is 0.938 bits per heavy atom. The summed E-state index contributed by atoms with van der Waals surface area (Å²) in [5, 5.41) is 11.6. The third kappa shape index (κ3) is 5.76. The molecule has 0 radical (unpaired) electrons. The van der Waals surface area contributed by atoms with Gasteiger partial charge < -0.3 is 14.4 Å². The van der Waals surface area contributed by atoms with Crippen molar-refractivity contribution < 1.29 is 9.47 Å². The molecule has 8 nitrogen and oxygen atoms in total. The van der Waals surface area contributed by atoms with Crippen LogP contribution in [0.4, 0.5) is 5.69 Å². The van der Waals surface area contributed by atoms with E-state index in [1.807, 2.05) is 31.2 Å². The first-order chi connectivity index (χ1) is 15.7. The number of piperazine rings is 1. The number of hydrogen-bond donors (Lipinski definition) is 0. The topological polar surface area (TPSA) is 68.5 Å². The van der Waals surface area contributed by atoms with Gasteiger partial charge >= 0.3 is 0 Å². The predicted octanol–water partition coefficient (Wildman–Crippen LogP) is 3.02. The molecule has 0 aliphatic carbocycles. The summed E-state index contributed by atoms with van der Waals surface area (Å²) in [4.78, 5) is 4.96. The summed E-state index contributed by atoms with van der Waals surface area (Å²) in [6, 6.07) is 16.4. The minimum atomic E-state index is 0.670. The zero-order valence-corrected chi connectivity index (χ0v) is 19.0. The number of tetrazole rings is 1. The highest BCUT2D eigenvalue weighted by Crippen LogP contribution is 2.28. The lowest BCUT2D eigenvalue weighted by molar-refractivity contribution is 0.238. The van der Waals surface area contributed by atoms with E-state index in [1.54, 1.807) is 11.8 Å². The van der Waals surface area contributed by atoms with Crippen LogP contribution in [-0.4, -0.2) is 71.5 Å². The van der Waals surface area contributed by atoms with Crippen LogP contribution in [-0.2, 0) is 6.54 Å². The predicted molar refractivity (Wildman–Crippen MR) is 124 cm³/mol. The fourth-order valence-corrected chi connectivity index (χ4v) is 3.99. The van der Waals surface area contributed by atoms with Gasteiger partial charge in [0.25, 0.3) is 0 Å². The summed E-state index contributed by atoms with van der Waals surface area (Å²) in [6.45, 7) is 8.67. The summed E-state index contributed by atoms with van der Waals surface area (Å²) in [5.74, 6) is 2.68. The molecule has 2 aromatic carbocycles. The minimum absolute atomic E-state index is 0.670. The van der Waals surface area contributed by atoms with Gasteiger partial charge in [-0.1, -0.05) is 24.3 Å². The lowest BCUT2D eigenvalue weighted by atomic mass is 10.2. The summed E-state index contributed by atoms with van der Waals surface area (Å²) in [5.41, 5.74) is 2.35. The average Bonchev–Trinajstić information content (AvgIpc) is 3.24. The number of nitrogens with zero attached hydrogens (tertiary/aromatic N) is 6. The zero-order valence-electron chi connectivity index (χ0n) is 19.0. The number of aryl methyl sites for hydroxylation is 1. The van der Waals surface area contributed by atoms with Crippen LogP contribution in [0.25, 0.3) is 0 Å². The number of para-hydroxylation sites is 2. The number of aromatic nitrogens is 4. The first kappa shape index (κ1) is 22.1. The average molecular weight is 437 g/mol. The molecule has 1 aliphatic rings. The highest BCUT2D eigenvalue weighted by Gasteiger charge is 2.19. The molecule has 0 amide bonds. The van der Waals surface area contributed by atoms with Crippen molar-refractivity contribution in [2.24, 2.45) is 0 Å². The molecule has 0 saturated carbocycles. The summed E-state index contributed by atoms with van der Waals surface area (Å²) in [7, 11) is 1.74. The van der Waals surface area contributed by atoms with Gasteiger partial charge in [-0.2, -0.15) is 0 Å². The Bertz CT molecular complexity index is 967. The number of hydrogen-bond acceptors (Lipinski definition) is 7. The normalized spacial score (nSPS) is 14.5.